The second kappa shape index (κ2) is 13.3. The molecular weight excluding hydrogens is 468 g/mol. The van der Waals surface area contributed by atoms with Gasteiger partial charge in [0.15, 0.2) is 0 Å². The second-order valence-electron chi connectivity index (χ2n) is 11.2. The Morgan fingerprint density at radius 3 is 1.78 bits per heavy atom. The Morgan fingerprint density at radius 2 is 1.22 bits per heavy atom. The fraction of sp³-hybridized carbons (Fsp3) is 0.677. The van der Waals surface area contributed by atoms with Gasteiger partial charge in [0.2, 0.25) is 0 Å². The van der Waals surface area contributed by atoms with Crippen LogP contribution in [0.25, 0.3) is 0 Å². The third kappa shape index (κ3) is 6.50. The molecule has 1 aromatic rings. The van der Waals surface area contributed by atoms with Crippen molar-refractivity contribution in [3.05, 3.63) is 35.4 Å². The Morgan fingerprint density at radius 1 is 0.649 bits per heavy atom. The number of hydrogen-bond donors (Lipinski definition) is 0. The molecule has 0 saturated carbocycles. The number of cyclic esters (lactones) is 4. The van der Waals surface area contributed by atoms with Crippen molar-refractivity contribution in [2.24, 2.45) is 17.8 Å². The van der Waals surface area contributed by atoms with Gasteiger partial charge >= 0.3 is 23.9 Å². The van der Waals surface area contributed by atoms with Gasteiger partial charge in [0.25, 0.3) is 0 Å². The Kier molecular flexibility index (Phi) is 9.93. The predicted octanol–water partition coefficient (Wildman–Crippen LogP) is 6.75. The molecule has 0 spiro atoms. The van der Waals surface area contributed by atoms with E-state index < -0.39 is 41.6 Å². The highest BCUT2D eigenvalue weighted by Gasteiger charge is 2.58. The lowest BCUT2D eigenvalue weighted by atomic mass is 9.59. The van der Waals surface area contributed by atoms with E-state index in [9.17, 15) is 19.2 Å². The number of fused-ring (bicyclic) bond motifs is 3. The smallest absolute Gasteiger partial charge is 0.321 e. The molecule has 37 heavy (non-hydrogen) atoms. The summed E-state index contributed by atoms with van der Waals surface area (Å²) in [5.74, 6) is -4.43. The molecule has 0 bridgehead atoms. The van der Waals surface area contributed by atoms with E-state index in [-0.39, 0.29) is 18.3 Å². The van der Waals surface area contributed by atoms with E-state index in [0.29, 0.717) is 0 Å². The first-order chi connectivity index (χ1) is 18.0. The monoisotopic (exact) mass is 510 g/mol. The van der Waals surface area contributed by atoms with Crippen molar-refractivity contribution in [2.75, 3.05) is 0 Å². The predicted molar refractivity (Wildman–Crippen MR) is 140 cm³/mol. The van der Waals surface area contributed by atoms with Crippen LogP contribution in [0.5, 0.6) is 0 Å². The third-order valence-corrected chi connectivity index (χ3v) is 8.68. The normalized spacial score (nSPS) is 26.7. The van der Waals surface area contributed by atoms with Gasteiger partial charge in [-0.05, 0) is 23.5 Å². The highest BCUT2D eigenvalue weighted by Crippen LogP contribution is 2.55. The number of carbonyl (C=O) groups excluding carboxylic acids is 4. The minimum Gasteiger partial charge on any atom is -0.393 e. The van der Waals surface area contributed by atoms with Gasteiger partial charge in [-0.1, -0.05) is 115 Å². The molecule has 0 radical (unpaired) electrons. The molecule has 3 aliphatic rings. The third-order valence-electron chi connectivity index (χ3n) is 8.68. The van der Waals surface area contributed by atoms with Gasteiger partial charge in [-0.25, -0.2) is 0 Å². The largest absolute Gasteiger partial charge is 0.393 e. The average Bonchev–Trinajstić information content (AvgIpc) is 3.38. The van der Waals surface area contributed by atoms with Gasteiger partial charge < -0.3 is 9.47 Å². The lowest BCUT2D eigenvalue weighted by molar-refractivity contribution is -0.156. The summed E-state index contributed by atoms with van der Waals surface area (Å²) in [6, 6.07) is 7.51. The van der Waals surface area contributed by atoms with Crippen LogP contribution in [0.4, 0.5) is 0 Å². The average molecular weight is 511 g/mol. The Hall–Kier alpha value is -2.50. The molecule has 6 nitrogen and oxygen atoms in total. The summed E-state index contributed by atoms with van der Waals surface area (Å²) in [5, 5.41) is 0. The number of carbonyl (C=O) groups is 4. The minimum absolute atomic E-state index is 0.0211. The van der Waals surface area contributed by atoms with Crippen LogP contribution in [0.1, 0.15) is 126 Å². The molecule has 202 valence electrons. The summed E-state index contributed by atoms with van der Waals surface area (Å²) in [6.45, 7) is 2.25. The quantitative estimate of drug-likeness (QED) is 0.147. The van der Waals surface area contributed by atoms with Crippen LogP contribution in [-0.4, -0.2) is 23.9 Å². The van der Waals surface area contributed by atoms with E-state index in [1.54, 1.807) is 0 Å². The van der Waals surface area contributed by atoms with Crippen molar-refractivity contribution in [1.29, 1.82) is 0 Å². The SMILES string of the molecule is CCCCCCCCCCCCCCCC1C2C(=O)OC(=O)C2c2ccccc2C1C1CC(=O)OC1=O. The standard InChI is InChI=1S/C31H42O6/c1-2-3-4-5-6-7-8-9-10-11-12-13-14-19-23-26(24-20-25(32)36-29(24)33)21-17-15-16-18-22(21)27-28(23)31(35)37-30(27)34/h15-18,23-24,26-28H,2-14,19-20H2,1H3. The molecule has 6 heteroatoms. The van der Waals surface area contributed by atoms with E-state index in [1.807, 2.05) is 24.3 Å². The van der Waals surface area contributed by atoms with E-state index >= 15 is 0 Å². The summed E-state index contributed by atoms with van der Waals surface area (Å²) in [7, 11) is 0. The zero-order valence-electron chi connectivity index (χ0n) is 22.3. The maximum Gasteiger partial charge on any atom is 0.321 e. The first-order valence-corrected chi connectivity index (χ1v) is 14.6. The first kappa shape index (κ1) is 27.5. The van der Waals surface area contributed by atoms with Crippen molar-refractivity contribution in [3.8, 4) is 0 Å². The lowest BCUT2D eigenvalue weighted by Crippen LogP contribution is -2.39. The number of esters is 4. The highest BCUT2D eigenvalue weighted by atomic mass is 16.6. The molecule has 5 atom stereocenters. The van der Waals surface area contributed by atoms with Gasteiger partial charge in [-0.15, -0.1) is 0 Å². The van der Waals surface area contributed by atoms with E-state index in [1.165, 1.54) is 64.2 Å². The molecule has 4 rings (SSSR count). The number of unbranched alkanes of at least 4 members (excludes halogenated alkanes) is 12. The van der Waals surface area contributed by atoms with Gasteiger partial charge in [-0.3, -0.25) is 19.2 Å². The molecule has 1 aliphatic carbocycles. The summed E-state index contributed by atoms with van der Waals surface area (Å²) in [4.78, 5) is 50.1. The summed E-state index contributed by atoms with van der Waals surface area (Å²) < 4.78 is 10.0. The van der Waals surface area contributed by atoms with Crippen LogP contribution in [0.2, 0.25) is 0 Å². The Bertz CT molecular complexity index is 968. The maximum atomic E-state index is 12.9. The first-order valence-electron chi connectivity index (χ1n) is 14.6. The van der Waals surface area contributed by atoms with Crippen molar-refractivity contribution < 1.29 is 28.7 Å². The van der Waals surface area contributed by atoms with Crippen molar-refractivity contribution >= 4 is 23.9 Å². The number of rotatable bonds is 15. The molecule has 2 saturated heterocycles. The number of hydrogen-bond acceptors (Lipinski definition) is 6. The lowest BCUT2D eigenvalue weighted by Gasteiger charge is -2.40. The molecule has 2 heterocycles. The van der Waals surface area contributed by atoms with Gasteiger partial charge in [0.1, 0.15) is 0 Å². The minimum atomic E-state index is -0.625. The summed E-state index contributed by atoms with van der Waals surface area (Å²) in [5.41, 5.74) is 1.63. The summed E-state index contributed by atoms with van der Waals surface area (Å²) in [6.07, 6.45) is 17.0. The van der Waals surface area contributed by atoms with Gasteiger partial charge in [0.05, 0.1) is 24.2 Å². The topological polar surface area (TPSA) is 86.7 Å². The maximum absolute atomic E-state index is 12.9. The van der Waals surface area contributed by atoms with Crippen molar-refractivity contribution in [3.63, 3.8) is 0 Å². The van der Waals surface area contributed by atoms with E-state index in [2.05, 4.69) is 6.92 Å². The van der Waals surface area contributed by atoms with Crippen LogP contribution >= 0.6 is 0 Å². The van der Waals surface area contributed by atoms with Crippen molar-refractivity contribution in [2.45, 2.75) is 115 Å². The van der Waals surface area contributed by atoms with Gasteiger partial charge in [-0.2, -0.15) is 0 Å². The molecule has 0 amide bonds. The Labute approximate surface area is 220 Å². The molecule has 0 aromatic heterocycles. The molecule has 1 aromatic carbocycles. The molecule has 2 aliphatic heterocycles. The van der Waals surface area contributed by atoms with E-state index in [4.69, 9.17) is 9.47 Å². The molecule has 2 fully saturated rings. The van der Waals surface area contributed by atoms with Gasteiger partial charge in [0, 0.05) is 5.92 Å². The van der Waals surface area contributed by atoms with Crippen molar-refractivity contribution in [1.82, 2.24) is 0 Å². The second-order valence-corrected chi connectivity index (χ2v) is 11.2. The van der Waals surface area contributed by atoms with E-state index in [0.717, 1.165) is 36.8 Å². The summed E-state index contributed by atoms with van der Waals surface area (Å²) >= 11 is 0. The number of benzene rings is 1. The van der Waals surface area contributed by atoms with Crippen LogP contribution in [-0.2, 0) is 28.7 Å². The molecule has 5 unspecified atom stereocenters. The zero-order valence-corrected chi connectivity index (χ0v) is 22.3. The highest BCUT2D eigenvalue weighted by molar-refractivity contribution is 6.01. The fourth-order valence-electron chi connectivity index (χ4n) is 6.85. The fourth-order valence-corrected chi connectivity index (χ4v) is 6.85. The zero-order chi connectivity index (χ0) is 26.2. The van der Waals surface area contributed by atoms with Crippen LogP contribution in [0, 0.1) is 17.8 Å². The molecular formula is C31H42O6. The van der Waals surface area contributed by atoms with Crippen LogP contribution < -0.4 is 0 Å². The Balaban J connectivity index is 1.32. The molecule has 0 N–H and O–H groups in total. The van der Waals surface area contributed by atoms with Crippen LogP contribution in [0.15, 0.2) is 24.3 Å². The number of ether oxygens (including phenoxy) is 2. The van der Waals surface area contributed by atoms with Crippen LogP contribution in [0.3, 0.4) is 0 Å².